The minimum atomic E-state index is -0.400. The Balaban J connectivity index is 7.84. The maximum atomic E-state index is 7.02. The van der Waals surface area contributed by atoms with Crippen LogP contribution in [0.3, 0.4) is 0 Å². The number of nitrogens with two attached hydrogens (primary N) is 1. The van der Waals surface area contributed by atoms with Crippen molar-refractivity contribution >= 4 is 0 Å². The first-order chi connectivity index (χ1) is 17.6. The van der Waals surface area contributed by atoms with Crippen LogP contribution in [0.5, 0.6) is 0 Å². The highest BCUT2D eigenvalue weighted by atomic mass is 14.8. The van der Waals surface area contributed by atoms with Crippen LogP contribution < -0.4 is 5.73 Å². The van der Waals surface area contributed by atoms with E-state index in [0.717, 1.165) is 12.8 Å². The Morgan fingerprint density at radius 1 is 0.718 bits per heavy atom. The molecule has 0 heterocycles. The molecule has 0 aromatic carbocycles. The topological polar surface area (TPSA) is 26.0 Å². The third-order valence-corrected chi connectivity index (χ3v) is 11.1. The monoisotopic (exact) mass is 536 g/mol. The second-order valence-corrected chi connectivity index (χ2v) is 15.1. The second-order valence-electron chi connectivity index (χ2n) is 15.1. The van der Waals surface area contributed by atoms with E-state index in [1.54, 1.807) is 0 Å². The van der Waals surface area contributed by atoms with Crippen molar-refractivity contribution in [3.8, 4) is 0 Å². The first-order valence-electron chi connectivity index (χ1n) is 14.9. The Morgan fingerprint density at radius 3 is 1.51 bits per heavy atom. The normalized spacial score (nSPS) is 18.2. The molecule has 0 bridgehead atoms. The average molecular weight is 536 g/mol. The first-order valence-corrected chi connectivity index (χ1v) is 14.9. The van der Waals surface area contributed by atoms with Crippen molar-refractivity contribution in [1.82, 2.24) is 0 Å². The van der Waals surface area contributed by atoms with Crippen LogP contribution in [0.15, 0.2) is 85.6 Å². The second kappa shape index (κ2) is 13.7. The number of hydrogen-bond acceptors (Lipinski definition) is 1. The molecule has 0 spiro atoms. The Labute approximate surface area is 245 Å². The van der Waals surface area contributed by atoms with Crippen molar-refractivity contribution in [2.24, 2.45) is 44.6 Å². The molecule has 0 fully saturated rings. The Morgan fingerprint density at radius 2 is 1.18 bits per heavy atom. The highest BCUT2D eigenvalue weighted by Gasteiger charge is 2.58. The zero-order chi connectivity index (χ0) is 31.1. The quantitative estimate of drug-likeness (QED) is 0.207. The first kappa shape index (κ1) is 37.1. The van der Waals surface area contributed by atoms with Gasteiger partial charge in [0.25, 0.3) is 0 Å². The van der Waals surface area contributed by atoms with Gasteiger partial charge in [-0.3, -0.25) is 0 Å². The van der Waals surface area contributed by atoms with Crippen LogP contribution in [-0.4, -0.2) is 5.54 Å². The van der Waals surface area contributed by atoms with E-state index in [1.807, 2.05) is 18.2 Å². The van der Waals surface area contributed by atoms with Crippen molar-refractivity contribution < 1.29 is 0 Å². The molecule has 0 aromatic rings. The van der Waals surface area contributed by atoms with Crippen LogP contribution >= 0.6 is 0 Å². The summed E-state index contributed by atoms with van der Waals surface area (Å²) in [5, 5.41) is 0. The molecule has 1 nitrogen and oxygen atoms in total. The van der Waals surface area contributed by atoms with Gasteiger partial charge >= 0.3 is 0 Å². The molecule has 2 N–H and O–H groups in total. The van der Waals surface area contributed by atoms with Gasteiger partial charge < -0.3 is 5.73 Å². The van der Waals surface area contributed by atoms with Gasteiger partial charge in [0.15, 0.2) is 0 Å². The lowest BCUT2D eigenvalue weighted by molar-refractivity contribution is -0.0802. The van der Waals surface area contributed by atoms with Crippen LogP contribution in [-0.2, 0) is 0 Å². The molecule has 0 saturated carbocycles. The highest BCUT2D eigenvalue weighted by molar-refractivity contribution is 5.34. The van der Waals surface area contributed by atoms with E-state index >= 15 is 0 Å². The summed E-state index contributed by atoms with van der Waals surface area (Å²) in [5.41, 5.74) is 9.05. The molecule has 3 unspecified atom stereocenters. The molecule has 3 atom stereocenters. The van der Waals surface area contributed by atoms with E-state index < -0.39 is 5.54 Å². The molecule has 0 amide bonds. The van der Waals surface area contributed by atoms with Crippen molar-refractivity contribution in [2.45, 2.75) is 115 Å². The lowest BCUT2D eigenvalue weighted by atomic mass is 9.44. The van der Waals surface area contributed by atoms with Crippen LogP contribution in [0.1, 0.15) is 110 Å². The summed E-state index contributed by atoms with van der Waals surface area (Å²) in [6.07, 6.45) is 20.9. The summed E-state index contributed by atoms with van der Waals surface area (Å²) in [6, 6.07) is 0. The van der Waals surface area contributed by atoms with E-state index in [0.29, 0.717) is 0 Å². The molecule has 39 heavy (non-hydrogen) atoms. The van der Waals surface area contributed by atoms with Gasteiger partial charge in [-0.25, -0.2) is 0 Å². The van der Waals surface area contributed by atoms with Gasteiger partial charge in [0.2, 0.25) is 0 Å². The molecule has 0 aliphatic heterocycles. The lowest BCUT2D eigenvalue weighted by Crippen LogP contribution is -2.59. The van der Waals surface area contributed by atoms with Gasteiger partial charge in [-0.05, 0) is 83.7 Å². The van der Waals surface area contributed by atoms with Crippen molar-refractivity contribution in [2.75, 3.05) is 0 Å². The number of rotatable bonds is 15. The van der Waals surface area contributed by atoms with Gasteiger partial charge in [0.05, 0.1) is 0 Å². The van der Waals surface area contributed by atoms with Gasteiger partial charge in [-0.15, -0.1) is 0 Å². The van der Waals surface area contributed by atoms with E-state index in [4.69, 9.17) is 5.73 Å². The molecule has 1 heteroatoms. The minimum absolute atomic E-state index is 0.0934. The summed E-state index contributed by atoms with van der Waals surface area (Å²) in [4.78, 5) is 0. The fourth-order valence-electron chi connectivity index (χ4n) is 6.13. The molecule has 0 rings (SSSR count). The summed E-state index contributed by atoms with van der Waals surface area (Å²) in [5.74, 6) is 0.464. The van der Waals surface area contributed by atoms with E-state index in [1.165, 1.54) is 11.1 Å². The Bertz CT molecular complexity index is 946. The summed E-state index contributed by atoms with van der Waals surface area (Å²) in [6.45, 7) is 45.1. The minimum Gasteiger partial charge on any atom is -0.325 e. The van der Waals surface area contributed by atoms with Gasteiger partial charge in [-0.1, -0.05) is 151 Å². The smallest absolute Gasteiger partial charge is 0.0154 e. The molecular weight excluding hydrogens is 470 g/mol. The molecule has 0 saturated heterocycles. The number of hydrogen-bond donors (Lipinski definition) is 1. The maximum Gasteiger partial charge on any atom is 0.0154 e. The molecule has 0 radical (unpaired) electrons. The van der Waals surface area contributed by atoms with Crippen molar-refractivity contribution in [3.05, 3.63) is 85.6 Å². The van der Waals surface area contributed by atoms with Crippen LogP contribution in [0, 0.1) is 38.9 Å². The molecule has 222 valence electrons. The molecular formula is C38H65N. The zero-order valence-corrected chi connectivity index (χ0v) is 28.5. The van der Waals surface area contributed by atoms with E-state index in [9.17, 15) is 0 Å². The van der Waals surface area contributed by atoms with Crippen LogP contribution in [0.2, 0.25) is 0 Å². The summed E-state index contributed by atoms with van der Waals surface area (Å²) in [7, 11) is 0. The molecule has 0 aliphatic carbocycles. The fraction of sp³-hybridized carbons (Fsp3) is 0.632. The van der Waals surface area contributed by atoms with E-state index in [2.05, 4.69) is 153 Å². The lowest BCUT2D eigenvalue weighted by Gasteiger charge is -2.61. The summed E-state index contributed by atoms with van der Waals surface area (Å²) >= 11 is 0. The highest BCUT2D eigenvalue weighted by Crippen LogP contribution is 2.63. The largest absolute Gasteiger partial charge is 0.325 e. The third-order valence-electron chi connectivity index (χ3n) is 11.1. The van der Waals surface area contributed by atoms with Crippen LogP contribution in [0.4, 0.5) is 0 Å². The predicted octanol–water partition coefficient (Wildman–Crippen LogP) is 11.4. The molecule has 0 aromatic heterocycles. The fourth-order valence-corrected chi connectivity index (χ4v) is 6.13. The molecule has 0 aliphatic rings. The number of allylic oxidation sites excluding steroid dienone is 11. The zero-order valence-electron chi connectivity index (χ0n) is 28.5. The van der Waals surface area contributed by atoms with Crippen molar-refractivity contribution in [1.29, 1.82) is 0 Å². The maximum absolute atomic E-state index is 7.02. The third kappa shape index (κ3) is 8.09. The predicted molar refractivity (Wildman–Crippen MR) is 180 cm³/mol. The Hall–Kier alpha value is -1.86. The Kier molecular flexibility index (Phi) is 13.0. The average Bonchev–Trinajstić information content (AvgIpc) is 2.80. The van der Waals surface area contributed by atoms with Gasteiger partial charge in [-0.2, -0.15) is 0 Å². The van der Waals surface area contributed by atoms with Crippen molar-refractivity contribution in [3.63, 3.8) is 0 Å². The summed E-state index contributed by atoms with van der Waals surface area (Å²) < 4.78 is 0. The van der Waals surface area contributed by atoms with E-state index in [-0.39, 0.29) is 38.9 Å². The van der Waals surface area contributed by atoms with Gasteiger partial charge in [0, 0.05) is 5.54 Å². The SMILES string of the molecule is C=C/C=C\C(=C/C=C)C(CC(C)(C)C(C)(C)C)C(C)(C)C(C)(CC)C(C(/C=C\C=C)=C/C)C(C)(C)C(C)(C)N. The standard InChI is InChI=1S/C38H65N/c1-18-23-26-29(21-4)32(36(13,14)37(15,16)39)38(17,22-5)35(11,12)31(28-34(9,10)33(6,7)8)30(25-20-3)27-24-19-2/h18-21,23-27,31-32H,1-3,22,28,39H2,4-17H3/b26-23-,27-24-,29-21+,30-25+. The van der Waals surface area contributed by atoms with Gasteiger partial charge in [0.1, 0.15) is 0 Å². The van der Waals surface area contributed by atoms with Crippen LogP contribution in [0.25, 0.3) is 0 Å².